The molecule has 0 bridgehead atoms. The van der Waals surface area contributed by atoms with Crippen LogP contribution >= 0.6 is 0 Å². The Labute approximate surface area is 88.4 Å². The Morgan fingerprint density at radius 3 is 3.47 bits per heavy atom. The van der Waals surface area contributed by atoms with Gasteiger partial charge in [-0.1, -0.05) is 0 Å². The molecule has 1 unspecified atom stereocenters. The van der Waals surface area contributed by atoms with E-state index in [0.29, 0.717) is 19.8 Å². The fourth-order valence-electron chi connectivity index (χ4n) is 1.69. The Kier molecular flexibility index (Phi) is 2.86. The summed E-state index contributed by atoms with van der Waals surface area (Å²) in [5.74, 6) is 0.0374. The van der Waals surface area contributed by atoms with Gasteiger partial charge in [-0.05, 0) is 6.92 Å². The number of hydrogen-bond acceptors (Lipinski definition) is 5. The van der Waals surface area contributed by atoms with Crippen molar-refractivity contribution in [2.75, 3.05) is 19.8 Å². The number of carbonyl (C=O) groups is 1. The second kappa shape index (κ2) is 4.31. The van der Waals surface area contributed by atoms with E-state index in [0.717, 1.165) is 5.70 Å². The topological polar surface area (TPSA) is 68.8 Å². The fourth-order valence-corrected chi connectivity index (χ4v) is 1.69. The van der Waals surface area contributed by atoms with Crippen LogP contribution < -0.4 is 16.0 Å². The molecule has 2 aliphatic rings. The van der Waals surface area contributed by atoms with Crippen molar-refractivity contribution in [3.8, 4) is 0 Å². The summed E-state index contributed by atoms with van der Waals surface area (Å²) in [7, 11) is 0. The van der Waals surface area contributed by atoms with Crippen LogP contribution in [0.1, 0.15) is 6.92 Å². The van der Waals surface area contributed by atoms with Gasteiger partial charge in [0.1, 0.15) is 6.17 Å². The first kappa shape index (κ1) is 9.97. The lowest BCUT2D eigenvalue weighted by Gasteiger charge is -2.21. The zero-order chi connectivity index (χ0) is 10.7. The summed E-state index contributed by atoms with van der Waals surface area (Å²) in [6.07, 6.45) is 3.52. The van der Waals surface area contributed by atoms with Crippen LogP contribution in [0.3, 0.4) is 0 Å². The maximum Gasteiger partial charge on any atom is 0.239 e. The van der Waals surface area contributed by atoms with Gasteiger partial charge in [0.25, 0.3) is 0 Å². The van der Waals surface area contributed by atoms with Gasteiger partial charge < -0.3 is 15.5 Å². The Balaban J connectivity index is 1.96. The van der Waals surface area contributed by atoms with E-state index in [-0.39, 0.29) is 12.1 Å². The molecule has 1 saturated heterocycles. The average molecular weight is 209 g/mol. The highest BCUT2D eigenvalue weighted by Gasteiger charge is 2.28. The molecule has 1 fully saturated rings. The van der Waals surface area contributed by atoms with Gasteiger partial charge in [-0.25, -0.2) is 4.99 Å². The third kappa shape index (κ3) is 2.10. The number of amides is 1. The molecule has 2 heterocycles. The van der Waals surface area contributed by atoms with Gasteiger partial charge in [-0.2, -0.15) is 0 Å². The van der Waals surface area contributed by atoms with Crippen molar-refractivity contribution in [1.29, 1.82) is 0 Å². The number of nitrogens with one attached hydrogen (secondary N) is 3. The molecule has 0 aromatic carbocycles. The smallest absolute Gasteiger partial charge is 0.239 e. The summed E-state index contributed by atoms with van der Waals surface area (Å²) in [6, 6.07) is 0. The van der Waals surface area contributed by atoms with Crippen molar-refractivity contribution in [3.05, 3.63) is 11.9 Å². The number of nitrogens with zero attached hydrogens (tertiary/aromatic N) is 2. The molecule has 15 heavy (non-hydrogen) atoms. The van der Waals surface area contributed by atoms with Crippen LogP contribution in [0, 0.1) is 0 Å². The Morgan fingerprint density at radius 1 is 1.80 bits per heavy atom. The number of fused-ring (bicyclic) bond motifs is 1. The minimum Gasteiger partial charge on any atom is -0.356 e. The molecule has 82 valence electrons. The number of carbonyl (C=O) groups excluding carboxylic acids is 1. The van der Waals surface area contributed by atoms with E-state index < -0.39 is 0 Å². The first-order chi connectivity index (χ1) is 7.31. The SMILES string of the molecule is CCNC(=O)CN1CNC2NC=NC=C21. The van der Waals surface area contributed by atoms with Crippen LogP contribution in [0.25, 0.3) is 0 Å². The van der Waals surface area contributed by atoms with E-state index in [1.54, 1.807) is 12.5 Å². The molecule has 6 nitrogen and oxygen atoms in total. The van der Waals surface area contributed by atoms with Crippen LogP contribution in [0.2, 0.25) is 0 Å². The van der Waals surface area contributed by atoms with Crippen LogP contribution in [0.5, 0.6) is 0 Å². The standard InChI is InChI=1S/C9H15N5O/c1-2-11-8(15)4-14-6-13-9-7(14)3-10-5-12-9/h3,5,9,13H,2,4,6H2,1H3,(H,10,12)(H,11,15). The molecular formula is C9H15N5O. The summed E-state index contributed by atoms with van der Waals surface area (Å²) < 4.78 is 0. The summed E-state index contributed by atoms with van der Waals surface area (Å²) >= 11 is 0. The predicted molar refractivity (Wildman–Crippen MR) is 56.9 cm³/mol. The van der Waals surface area contributed by atoms with Crippen molar-refractivity contribution in [1.82, 2.24) is 20.9 Å². The number of likely N-dealkylation sites (N-methyl/N-ethyl adjacent to an activating group) is 1. The van der Waals surface area contributed by atoms with Crippen molar-refractivity contribution in [2.45, 2.75) is 13.1 Å². The van der Waals surface area contributed by atoms with Crippen LogP contribution in [-0.4, -0.2) is 43.1 Å². The van der Waals surface area contributed by atoms with Gasteiger partial charge in [0.2, 0.25) is 5.91 Å². The lowest BCUT2D eigenvalue weighted by Crippen LogP contribution is -2.39. The molecule has 6 heteroatoms. The van der Waals surface area contributed by atoms with Crippen molar-refractivity contribution >= 4 is 12.2 Å². The molecule has 1 amide bonds. The number of aliphatic imine (C=N–C) groups is 1. The molecule has 0 spiro atoms. The molecule has 2 rings (SSSR count). The lowest BCUT2D eigenvalue weighted by molar-refractivity contribution is -0.121. The summed E-state index contributed by atoms with van der Waals surface area (Å²) in [5.41, 5.74) is 1.02. The molecule has 0 saturated carbocycles. The second-order valence-electron chi connectivity index (χ2n) is 3.45. The van der Waals surface area contributed by atoms with Gasteiger partial charge in [-0.15, -0.1) is 0 Å². The van der Waals surface area contributed by atoms with E-state index in [4.69, 9.17) is 0 Å². The largest absolute Gasteiger partial charge is 0.356 e. The zero-order valence-electron chi connectivity index (χ0n) is 8.66. The highest BCUT2D eigenvalue weighted by Crippen LogP contribution is 2.15. The quantitative estimate of drug-likeness (QED) is 0.545. The van der Waals surface area contributed by atoms with E-state index in [9.17, 15) is 4.79 Å². The van der Waals surface area contributed by atoms with Crippen molar-refractivity contribution in [3.63, 3.8) is 0 Å². The molecule has 0 aromatic heterocycles. The van der Waals surface area contributed by atoms with E-state index in [1.807, 2.05) is 11.8 Å². The molecule has 0 aromatic rings. The summed E-state index contributed by atoms with van der Waals surface area (Å²) in [4.78, 5) is 17.4. The molecule has 0 aliphatic carbocycles. The predicted octanol–water partition coefficient (Wildman–Crippen LogP) is -1.22. The van der Waals surface area contributed by atoms with Gasteiger partial charge in [-0.3, -0.25) is 10.1 Å². The lowest BCUT2D eigenvalue weighted by atomic mass is 10.3. The first-order valence-corrected chi connectivity index (χ1v) is 5.04. The zero-order valence-corrected chi connectivity index (χ0v) is 8.66. The number of hydrogen-bond donors (Lipinski definition) is 3. The Bertz CT molecular complexity index is 312. The van der Waals surface area contributed by atoms with Gasteiger partial charge in [0.15, 0.2) is 0 Å². The van der Waals surface area contributed by atoms with E-state index >= 15 is 0 Å². The molecule has 1 atom stereocenters. The van der Waals surface area contributed by atoms with E-state index in [1.165, 1.54) is 0 Å². The van der Waals surface area contributed by atoms with Crippen LogP contribution in [0.4, 0.5) is 0 Å². The second-order valence-corrected chi connectivity index (χ2v) is 3.45. The maximum atomic E-state index is 11.4. The summed E-state index contributed by atoms with van der Waals surface area (Å²) in [5, 5.41) is 9.08. The Morgan fingerprint density at radius 2 is 2.67 bits per heavy atom. The average Bonchev–Trinajstić information content (AvgIpc) is 2.62. The molecular weight excluding hydrogens is 194 g/mol. The first-order valence-electron chi connectivity index (χ1n) is 5.04. The fraction of sp³-hybridized carbons (Fsp3) is 0.556. The van der Waals surface area contributed by atoms with Gasteiger partial charge >= 0.3 is 0 Å². The van der Waals surface area contributed by atoms with Crippen molar-refractivity contribution in [2.24, 2.45) is 4.99 Å². The van der Waals surface area contributed by atoms with Gasteiger partial charge in [0.05, 0.1) is 31.4 Å². The third-order valence-corrected chi connectivity index (χ3v) is 2.38. The molecule has 0 radical (unpaired) electrons. The minimum atomic E-state index is 0.0374. The van der Waals surface area contributed by atoms with E-state index in [2.05, 4.69) is 20.9 Å². The monoisotopic (exact) mass is 209 g/mol. The van der Waals surface area contributed by atoms with Gasteiger partial charge in [0, 0.05) is 6.54 Å². The minimum absolute atomic E-state index is 0.0374. The highest BCUT2D eigenvalue weighted by molar-refractivity contribution is 5.78. The third-order valence-electron chi connectivity index (χ3n) is 2.38. The number of rotatable bonds is 3. The molecule has 3 N–H and O–H groups in total. The maximum absolute atomic E-state index is 11.4. The normalized spacial score (nSPS) is 23.1. The molecule has 2 aliphatic heterocycles. The van der Waals surface area contributed by atoms with Crippen molar-refractivity contribution < 1.29 is 4.79 Å². The van der Waals surface area contributed by atoms with Crippen LogP contribution in [0.15, 0.2) is 16.9 Å². The highest BCUT2D eigenvalue weighted by atomic mass is 16.2. The van der Waals surface area contributed by atoms with Crippen LogP contribution in [-0.2, 0) is 4.79 Å². The Hall–Kier alpha value is -1.56. The summed E-state index contributed by atoms with van der Waals surface area (Å²) in [6.45, 7) is 3.62.